The summed E-state index contributed by atoms with van der Waals surface area (Å²) in [6, 6.07) is 14.3. The summed E-state index contributed by atoms with van der Waals surface area (Å²) < 4.78 is 10.9. The quantitative estimate of drug-likeness (QED) is 0.613. The van der Waals surface area contributed by atoms with Gasteiger partial charge in [-0.05, 0) is 30.3 Å². The molecule has 2 fully saturated rings. The first-order chi connectivity index (χ1) is 15.1. The van der Waals surface area contributed by atoms with Crippen LogP contribution in [0, 0.1) is 0 Å². The van der Waals surface area contributed by atoms with Crippen molar-refractivity contribution in [3.8, 4) is 11.5 Å². The number of para-hydroxylation sites is 1. The summed E-state index contributed by atoms with van der Waals surface area (Å²) >= 11 is 6.18. The molecule has 2 heterocycles. The Morgan fingerprint density at radius 1 is 1.03 bits per heavy atom. The third-order valence-corrected chi connectivity index (χ3v) is 6.08. The number of halogens is 1. The van der Waals surface area contributed by atoms with Gasteiger partial charge in [-0.2, -0.15) is 0 Å². The third-order valence-electron chi connectivity index (χ3n) is 5.78. The third kappa shape index (κ3) is 4.84. The van der Waals surface area contributed by atoms with E-state index >= 15 is 0 Å². The van der Waals surface area contributed by atoms with E-state index in [1.165, 1.54) is 12.0 Å². The molecular formula is C23H26ClN3O4. The maximum Gasteiger partial charge on any atom is 0.251 e. The highest BCUT2D eigenvalue weighted by molar-refractivity contribution is 6.33. The van der Waals surface area contributed by atoms with Gasteiger partial charge < -0.3 is 9.47 Å². The van der Waals surface area contributed by atoms with E-state index in [0.717, 1.165) is 38.5 Å². The molecule has 4 rings (SSSR count). The summed E-state index contributed by atoms with van der Waals surface area (Å²) in [6.45, 7) is 4.61. The Balaban J connectivity index is 1.30. The molecule has 0 bridgehead atoms. The average molecular weight is 444 g/mol. The summed E-state index contributed by atoms with van der Waals surface area (Å²) in [5, 5.41) is 0.371. The molecule has 2 aromatic carbocycles. The van der Waals surface area contributed by atoms with Gasteiger partial charge in [0, 0.05) is 32.7 Å². The lowest BCUT2D eigenvalue weighted by atomic mass is 10.1. The van der Waals surface area contributed by atoms with Crippen LogP contribution in [0.25, 0.3) is 0 Å². The highest BCUT2D eigenvalue weighted by Gasteiger charge is 2.43. The number of nitrogens with zero attached hydrogens (tertiary/aromatic N) is 3. The van der Waals surface area contributed by atoms with E-state index in [9.17, 15) is 9.59 Å². The minimum Gasteiger partial charge on any atom is -0.495 e. The fourth-order valence-electron chi connectivity index (χ4n) is 4.07. The number of hydrogen-bond acceptors (Lipinski definition) is 6. The molecule has 0 N–H and O–H groups in total. The molecule has 2 saturated heterocycles. The highest BCUT2D eigenvalue weighted by Crippen LogP contribution is 2.32. The topological polar surface area (TPSA) is 62.3 Å². The maximum atomic E-state index is 13.0. The van der Waals surface area contributed by atoms with Gasteiger partial charge in [0.05, 0.1) is 30.3 Å². The van der Waals surface area contributed by atoms with Crippen LogP contribution in [0.5, 0.6) is 11.5 Å². The van der Waals surface area contributed by atoms with Crippen LogP contribution in [0.2, 0.25) is 5.02 Å². The molecule has 2 amide bonds. The predicted molar refractivity (Wildman–Crippen MR) is 119 cm³/mol. The van der Waals surface area contributed by atoms with Crippen molar-refractivity contribution in [1.29, 1.82) is 0 Å². The van der Waals surface area contributed by atoms with Crippen molar-refractivity contribution in [1.82, 2.24) is 9.80 Å². The van der Waals surface area contributed by atoms with Gasteiger partial charge in [0.2, 0.25) is 5.91 Å². The Kier molecular flexibility index (Phi) is 6.75. The van der Waals surface area contributed by atoms with E-state index in [1.807, 2.05) is 30.3 Å². The van der Waals surface area contributed by atoms with Crippen LogP contribution in [0.15, 0.2) is 48.5 Å². The number of anilines is 1. The normalized spacial score (nSPS) is 20.3. The Bertz CT molecular complexity index is 932. The van der Waals surface area contributed by atoms with Crippen molar-refractivity contribution in [2.24, 2.45) is 0 Å². The number of ether oxygens (including phenoxy) is 2. The Morgan fingerprint density at radius 2 is 1.77 bits per heavy atom. The summed E-state index contributed by atoms with van der Waals surface area (Å²) in [5.41, 5.74) is 0.486. The smallest absolute Gasteiger partial charge is 0.251 e. The van der Waals surface area contributed by atoms with Gasteiger partial charge in [-0.15, -0.1) is 0 Å². The van der Waals surface area contributed by atoms with Crippen LogP contribution in [0.3, 0.4) is 0 Å². The fraction of sp³-hybridized carbons (Fsp3) is 0.391. The number of benzene rings is 2. The van der Waals surface area contributed by atoms with Crippen LogP contribution in [-0.2, 0) is 9.59 Å². The van der Waals surface area contributed by atoms with Crippen LogP contribution in [0.1, 0.15) is 6.42 Å². The first-order valence-electron chi connectivity index (χ1n) is 10.4. The zero-order valence-corrected chi connectivity index (χ0v) is 18.3. The van der Waals surface area contributed by atoms with Crippen LogP contribution in [0.4, 0.5) is 5.69 Å². The van der Waals surface area contributed by atoms with Crippen molar-refractivity contribution < 1.29 is 19.1 Å². The second-order valence-corrected chi connectivity index (χ2v) is 8.05. The van der Waals surface area contributed by atoms with Crippen LogP contribution in [-0.4, -0.2) is 74.1 Å². The zero-order valence-electron chi connectivity index (χ0n) is 17.5. The van der Waals surface area contributed by atoms with Gasteiger partial charge in [0.25, 0.3) is 5.91 Å². The molecule has 8 heteroatoms. The molecule has 7 nitrogen and oxygen atoms in total. The van der Waals surface area contributed by atoms with Crippen LogP contribution < -0.4 is 14.4 Å². The van der Waals surface area contributed by atoms with E-state index in [-0.39, 0.29) is 18.2 Å². The number of imide groups is 1. The lowest BCUT2D eigenvalue weighted by Crippen LogP contribution is -2.53. The van der Waals surface area contributed by atoms with E-state index in [0.29, 0.717) is 23.1 Å². The Labute approximate surface area is 187 Å². The van der Waals surface area contributed by atoms with Crippen molar-refractivity contribution in [3.63, 3.8) is 0 Å². The van der Waals surface area contributed by atoms with E-state index in [4.69, 9.17) is 21.1 Å². The minimum absolute atomic E-state index is 0.188. The molecule has 1 atom stereocenters. The molecule has 0 aromatic heterocycles. The molecule has 0 aliphatic carbocycles. The van der Waals surface area contributed by atoms with E-state index in [1.54, 1.807) is 18.2 Å². The number of hydrogen-bond donors (Lipinski definition) is 0. The molecule has 0 spiro atoms. The molecule has 0 saturated carbocycles. The van der Waals surface area contributed by atoms with Crippen LogP contribution >= 0.6 is 11.6 Å². The maximum absolute atomic E-state index is 13.0. The standard InChI is InChI=1S/C23H26ClN3O4/c1-30-21-8-7-17(15-19(21)24)27-22(28)16-20(23(27)29)26-11-9-25(10-12-26)13-14-31-18-5-3-2-4-6-18/h2-8,15,20H,9-14,16H2,1H3/t20-/m0/s1. The first-order valence-corrected chi connectivity index (χ1v) is 10.8. The SMILES string of the molecule is COc1ccc(N2C(=O)C[C@H](N3CCN(CCOc4ccccc4)CC3)C2=O)cc1Cl. The molecular weight excluding hydrogens is 418 g/mol. The second kappa shape index (κ2) is 9.68. The molecule has 0 unspecified atom stereocenters. The van der Waals surface area contributed by atoms with E-state index < -0.39 is 6.04 Å². The minimum atomic E-state index is -0.420. The summed E-state index contributed by atoms with van der Waals surface area (Å²) in [4.78, 5) is 31.3. The summed E-state index contributed by atoms with van der Waals surface area (Å²) in [7, 11) is 1.52. The van der Waals surface area contributed by atoms with E-state index in [2.05, 4.69) is 9.80 Å². The van der Waals surface area contributed by atoms with Gasteiger partial charge in [0.1, 0.15) is 18.1 Å². The molecule has 164 valence electrons. The predicted octanol–water partition coefficient (Wildman–Crippen LogP) is 2.68. The molecule has 2 aliphatic rings. The first kappa shape index (κ1) is 21.6. The van der Waals surface area contributed by atoms with Gasteiger partial charge in [0.15, 0.2) is 0 Å². The largest absolute Gasteiger partial charge is 0.495 e. The monoisotopic (exact) mass is 443 g/mol. The van der Waals surface area contributed by atoms with Gasteiger partial charge in [-0.25, -0.2) is 4.90 Å². The van der Waals surface area contributed by atoms with Crippen molar-refractivity contribution in [2.75, 3.05) is 51.3 Å². The van der Waals surface area contributed by atoms with Gasteiger partial charge >= 0.3 is 0 Å². The van der Waals surface area contributed by atoms with Gasteiger partial charge in [-0.3, -0.25) is 19.4 Å². The molecule has 2 aliphatic heterocycles. The summed E-state index contributed by atoms with van der Waals surface area (Å²) in [5.74, 6) is 0.991. The molecule has 31 heavy (non-hydrogen) atoms. The molecule has 0 radical (unpaired) electrons. The number of carbonyl (C=O) groups excluding carboxylic acids is 2. The highest BCUT2D eigenvalue weighted by atomic mass is 35.5. The molecule has 2 aromatic rings. The zero-order chi connectivity index (χ0) is 21.8. The number of rotatable bonds is 7. The lowest BCUT2D eigenvalue weighted by molar-refractivity contribution is -0.123. The Hall–Kier alpha value is -2.61. The summed E-state index contributed by atoms with van der Waals surface area (Å²) in [6.07, 6.45) is 0.194. The average Bonchev–Trinajstić information content (AvgIpc) is 3.09. The number of carbonyl (C=O) groups is 2. The van der Waals surface area contributed by atoms with Crippen molar-refractivity contribution in [2.45, 2.75) is 12.5 Å². The van der Waals surface area contributed by atoms with Crippen molar-refractivity contribution >= 4 is 29.1 Å². The number of piperazine rings is 1. The van der Waals surface area contributed by atoms with Gasteiger partial charge in [-0.1, -0.05) is 29.8 Å². The number of amides is 2. The number of methoxy groups -OCH3 is 1. The Morgan fingerprint density at radius 3 is 2.45 bits per heavy atom. The lowest BCUT2D eigenvalue weighted by Gasteiger charge is -2.36. The second-order valence-electron chi connectivity index (χ2n) is 7.65. The van der Waals surface area contributed by atoms with Crippen molar-refractivity contribution in [3.05, 3.63) is 53.6 Å². The fourth-order valence-corrected chi connectivity index (χ4v) is 4.33.